The molecule has 4 nitrogen and oxygen atoms in total. The first-order chi connectivity index (χ1) is 7.15. The highest BCUT2D eigenvalue weighted by atomic mass is 35.5. The Morgan fingerprint density at radius 2 is 2.40 bits per heavy atom. The van der Waals surface area contributed by atoms with Crippen molar-refractivity contribution >= 4 is 23.5 Å². The van der Waals surface area contributed by atoms with Crippen LogP contribution in [0.25, 0.3) is 0 Å². The van der Waals surface area contributed by atoms with Crippen LogP contribution in [-0.2, 0) is 14.3 Å². The van der Waals surface area contributed by atoms with Gasteiger partial charge in [-0.2, -0.15) is 0 Å². The predicted molar refractivity (Wildman–Crippen MR) is 56.1 cm³/mol. The number of hydrogen-bond donors (Lipinski definition) is 0. The zero-order valence-electron chi connectivity index (χ0n) is 8.66. The molecule has 1 rings (SSSR count). The molecule has 0 unspecified atom stereocenters. The van der Waals surface area contributed by atoms with Crippen molar-refractivity contribution in [2.24, 2.45) is 0 Å². The van der Waals surface area contributed by atoms with Gasteiger partial charge in [-0.15, -0.1) is 0 Å². The highest BCUT2D eigenvalue weighted by Gasteiger charge is 2.22. The number of carbonyl (C=O) groups is 2. The second-order valence-electron chi connectivity index (χ2n) is 3.20. The molecule has 0 atom stereocenters. The Morgan fingerprint density at radius 3 is 3.07 bits per heavy atom. The highest BCUT2D eigenvalue weighted by molar-refractivity contribution is 6.30. The quantitative estimate of drug-likeness (QED) is 0.548. The summed E-state index contributed by atoms with van der Waals surface area (Å²) in [5, 5.41) is 0.325. The minimum Gasteiger partial charge on any atom is -0.465 e. The van der Waals surface area contributed by atoms with E-state index in [2.05, 4.69) is 0 Å². The Kier molecular flexibility index (Phi) is 4.62. The van der Waals surface area contributed by atoms with Crippen LogP contribution in [0.1, 0.15) is 26.2 Å². The van der Waals surface area contributed by atoms with Crippen molar-refractivity contribution < 1.29 is 14.3 Å². The molecule has 0 spiro atoms. The van der Waals surface area contributed by atoms with Crippen LogP contribution in [0, 0.1) is 0 Å². The fourth-order valence-electron chi connectivity index (χ4n) is 1.34. The SMILES string of the molecule is CCOC(=O)CN1C(=O)CCCC=C1Cl. The molecule has 1 aliphatic rings. The number of allylic oxidation sites excluding steroid dienone is 1. The average Bonchev–Trinajstić information content (AvgIpc) is 2.33. The number of carbonyl (C=O) groups excluding carboxylic acids is 2. The largest absolute Gasteiger partial charge is 0.465 e. The topological polar surface area (TPSA) is 46.6 Å². The minimum absolute atomic E-state index is 0.0952. The van der Waals surface area contributed by atoms with E-state index in [1.807, 2.05) is 0 Å². The van der Waals surface area contributed by atoms with Gasteiger partial charge in [0.2, 0.25) is 5.91 Å². The van der Waals surface area contributed by atoms with Gasteiger partial charge in [-0.25, -0.2) is 0 Å². The number of rotatable bonds is 3. The Balaban J connectivity index is 2.63. The van der Waals surface area contributed by atoms with Crippen molar-refractivity contribution in [2.45, 2.75) is 26.2 Å². The molecule has 0 aromatic carbocycles. The number of amides is 1. The monoisotopic (exact) mass is 231 g/mol. The van der Waals surface area contributed by atoms with E-state index in [-0.39, 0.29) is 12.5 Å². The van der Waals surface area contributed by atoms with Gasteiger partial charge in [0.05, 0.1) is 6.61 Å². The fourth-order valence-corrected chi connectivity index (χ4v) is 1.60. The van der Waals surface area contributed by atoms with Gasteiger partial charge in [0.1, 0.15) is 11.7 Å². The molecule has 0 aromatic rings. The van der Waals surface area contributed by atoms with Gasteiger partial charge in [-0.3, -0.25) is 14.5 Å². The van der Waals surface area contributed by atoms with Gasteiger partial charge in [0.25, 0.3) is 0 Å². The van der Waals surface area contributed by atoms with Crippen LogP contribution in [-0.4, -0.2) is 29.9 Å². The Labute approximate surface area is 93.8 Å². The van der Waals surface area contributed by atoms with Crippen LogP contribution in [0.5, 0.6) is 0 Å². The fraction of sp³-hybridized carbons (Fsp3) is 0.600. The van der Waals surface area contributed by atoms with Crippen LogP contribution in [0.3, 0.4) is 0 Å². The Morgan fingerprint density at radius 1 is 1.67 bits per heavy atom. The van der Waals surface area contributed by atoms with Crippen LogP contribution >= 0.6 is 11.6 Å². The van der Waals surface area contributed by atoms with Gasteiger partial charge >= 0.3 is 5.97 Å². The van der Waals surface area contributed by atoms with Gasteiger partial charge < -0.3 is 4.74 Å². The number of halogens is 1. The summed E-state index contributed by atoms with van der Waals surface area (Å²) in [6, 6.07) is 0. The summed E-state index contributed by atoms with van der Waals surface area (Å²) in [5.41, 5.74) is 0. The van der Waals surface area contributed by atoms with E-state index in [4.69, 9.17) is 16.3 Å². The molecule has 84 valence electrons. The van der Waals surface area contributed by atoms with Crippen molar-refractivity contribution in [3.05, 3.63) is 11.2 Å². The molecule has 1 amide bonds. The molecule has 1 aliphatic heterocycles. The summed E-state index contributed by atoms with van der Waals surface area (Å²) < 4.78 is 4.76. The Bertz CT molecular complexity index is 288. The maximum absolute atomic E-state index is 11.6. The zero-order chi connectivity index (χ0) is 11.3. The van der Waals surface area contributed by atoms with Gasteiger partial charge in [0.15, 0.2) is 0 Å². The second kappa shape index (κ2) is 5.75. The summed E-state index contributed by atoms with van der Waals surface area (Å²) in [5.74, 6) is -0.555. The lowest BCUT2D eigenvalue weighted by Gasteiger charge is -2.18. The van der Waals surface area contributed by atoms with E-state index in [9.17, 15) is 9.59 Å². The second-order valence-corrected chi connectivity index (χ2v) is 3.59. The first-order valence-electron chi connectivity index (χ1n) is 4.96. The molecule has 0 radical (unpaired) electrons. The maximum atomic E-state index is 11.6. The average molecular weight is 232 g/mol. The molecule has 0 N–H and O–H groups in total. The van der Waals surface area contributed by atoms with Crippen LogP contribution in [0.4, 0.5) is 0 Å². The molecule has 5 heteroatoms. The Hall–Kier alpha value is -1.03. The molecule has 0 fully saturated rings. The van der Waals surface area contributed by atoms with Crippen LogP contribution in [0.2, 0.25) is 0 Å². The standard InChI is InChI=1S/C10H14ClNO3/c1-2-15-10(14)7-12-8(11)5-3-4-6-9(12)13/h5H,2-4,6-7H2,1H3. The maximum Gasteiger partial charge on any atom is 0.326 e. The molecule has 0 aliphatic carbocycles. The molecule has 0 bridgehead atoms. The molecule has 15 heavy (non-hydrogen) atoms. The molecule has 1 heterocycles. The number of hydrogen-bond acceptors (Lipinski definition) is 3. The zero-order valence-corrected chi connectivity index (χ0v) is 9.42. The first kappa shape index (κ1) is 12.0. The summed E-state index contributed by atoms with van der Waals surface area (Å²) in [6.45, 7) is 1.93. The molecular weight excluding hydrogens is 218 g/mol. The number of esters is 1. The third-order valence-electron chi connectivity index (χ3n) is 2.06. The van der Waals surface area contributed by atoms with Crippen molar-refractivity contribution in [2.75, 3.05) is 13.2 Å². The molecule has 0 saturated heterocycles. The van der Waals surface area contributed by atoms with E-state index >= 15 is 0 Å². The van der Waals surface area contributed by atoms with Crippen molar-refractivity contribution in [1.82, 2.24) is 4.90 Å². The van der Waals surface area contributed by atoms with Gasteiger partial charge in [0, 0.05) is 6.42 Å². The third-order valence-corrected chi connectivity index (χ3v) is 2.42. The van der Waals surface area contributed by atoms with Crippen molar-refractivity contribution in [1.29, 1.82) is 0 Å². The van der Waals surface area contributed by atoms with Crippen molar-refractivity contribution in [3.63, 3.8) is 0 Å². The predicted octanol–water partition coefficient (Wildman–Crippen LogP) is 1.64. The van der Waals surface area contributed by atoms with Crippen LogP contribution < -0.4 is 0 Å². The van der Waals surface area contributed by atoms with Crippen LogP contribution in [0.15, 0.2) is 11.2 Å². The summed E-state index contributed by atoms with van der Waals surface area (Å²) in [7, 11) is 0. The lowest BCUT2D eigenvalue weighted by atomic mass is 10.2. The number of nitrogens with zero attached hydrogens (tertiary/aromatic N) is 1. The van der Waals surface area contributed by atoms with E-state index in [1.54, 1.807) is 13.0 Å². The normalized spacial score (nSPS) is 17.1. The third kappa shape index (κ3) is 3.55. The summed E-state index contributed by atoms with van der Waals surface area (Å²) in [4.78, 5) is 24.0. The van der Waals surface area contributed by atoms with Gasteiger partial charge in [-0.05, 0) is 25.8 Å². The van der Waals surface area contributed by atoms with E-state index in [0.717, 1.165) is 12.8 Å². The minimum atomic E-state index is -0.431. The van der Waals surface area contributed by atoms with E-state index in [0.29, 0.717) is 18.2 Å². The molecular formula is C10H14ClNO3. The van der Waals surface area contributed by atoms with Gasteiger partial charge in [-0.1, -0.05) is 11.6 Å². The summed E-state index contributed by atoms with van der Waals surface area (Å²) in [6.07, 6.45) is 3.72. The van der Waals surface area contributed by atoms with E-state index in [1.165, 1.54) is 4.90 Å². The smallest absolute Gasteiger partial charge is 0.326 e. The van der Waals surface area contributed by atoms with Crippen molar-refractivity contribution in [3.8, 4) is 0 Å². The molecule has 0 saturated carbocycles. The lowest BCUT2D eigenvalue weighted by Crippen LogP contribution is -2.33. The van der Waals surface area contributed by atoms with E-state index < -0.39 is 5.97 Å². The first-order valence-corrected chi connectivity index (χ1v) is 5.34. The highest BCUT2D eigenvalue weighted by Crippen LogP contribution is 2.18. The summed E-state index contributed by atoms with van der Waals surface area (Å²) >= 11 is 5.88. The molecule has 0 aromatic heterocycles. The number of ether oxygens (including phenoxy) is 1. The lowest BCUT2D eigenvalue weighted by molar-refractivity contribution is -0.147.